The van der Waals surface area contributed by atoms with Crippen molar-refractivity contribution in [2.75, 3.05) is 33.2 Å². The van der Waals surface area contributed by atoms with Crippen LogP contribution in [0.1, 0.15) is 24.8 Å². The lowest BCUT2D eigenvalue weighted by atomic mass is 9.95. The van der Waals surface area contributed by atoms with Gasteiger partial charge in [-0.3, -0.25) is 4.79 Å². The van der Waals surface area contributed by atoms with Crippen LogP contribution in [0.5, 0.6) is 0 Å². The second-order valence-corrected chi connectivity index (χ2v) is 7.30. The minimum absolute atomic E-state index is 0. The summed E-state index contributed by atoms with van der Waals surface area (Å²) < 4.78 is 0. The van der Waals surface area contributed by atoms with Gasteiger partial charge >= 0.3 is 0 Å². The lowest BCUT2D eigenvalue weighted by Gasteiger charge is -2.35. The molecule has 3 rings (SSSR count). The number of likely N-dealkylation sites (tertiary alicyclic amines) is 1. The van der Waals surface area contributed by atoms with E-state index >= 15 is 0 Å². The quantitative estimate of drug-likeness (QED) is 0.788. The van der Waals surface area contributed by atoms with E-state index in [0.717, 1.165) is 39.0 Å². The van der Waals surface area contributed by atoms with Gasteiger partial charge in [-0.05, 0) is 37.8 Å². The molecule has 0 aromatic heterocycles. The monoisotopic (exact) mass is 403 g/mol. The number of aliphatic hydroxyl groups excluding tert-OH is 1. The van der Waals surface area contributed by atoms with Crippen LogP contribution in [0.15, 0.2) is 30.3 Å². The van der Waals surface area contributed by atoms with E-state index in [9.17, 15) is 9.90 Å². The van der Waals surface area contributed by atoms with Gasteiger partial charge in [-0.2, -0.15) is 0 Å². The van der Waals surface area contributed by atoms with Crippen LogP contribution in [0.3, 0.4) is 0 Å². The molecule has 2 aliphatic rings. The van der Waals surface area contributed by atoms with Crippen LogP contribution in [0.2, 0.25) is 0 Å². The van der Waals surface area contributed by atoms with Crippen LogP contribution >= 0.6 is 24.8 Å². The lowest BCUT2D eigenvalue weighted by molar-refractivity contribution is -0.134. The van der Waals surface area contributed by atoms with E-state index in [-0.39, 0.29) is 42.9 Å². The first-order chi connectivity index (χ1) is 11.6. The van der Waals surface area contributed by atoms with Crippen molar-refractivity contribution >= 4 is 30.7 Å². The highest BCUT2D eigenvalue weighted by Gasteiger charge is 2.33. The number of nitrogens with one attached hydrogen (secondary N) is 1. The van der Waals surface area contributed by atoms with Gasteiger partial charge in [-0.1, -0.05) is 30.3 Å². The van der Waals surface area contributed by atoms with Gasteiger partial charge in [0, 0.05) is 32.7 Å². The smallest absolute Gasteiger partial charge is 0.239 e. The lowest BCUT2D eigenvalue weighted by Crippen LogP contribution is -2.47. The third kappa shape index (κ3) is 6.39. The molecule has 1 amide bonds. The molecule has 2 unspecified atom stereocenters. The first-order valence-corrected chi connectivity index (χ1v) is 9.04. The van der Waals surface area contributed by atoms with Crippen LogP contribution in [0.4, 0.5) is 0 Å². The van der Waals surface area contributed by atoms with Gasteiger partial charge in [0.05, 0.1) is 12.1 Å². The number of benzene rings is 1. The van der Waals surface area contributed by atoms with Gasteiger partial charge in [0.25, 0.3) is 0 Å². The van der Waals surface area contributed by atoms with Crippen molar-refractivity contribution in [2.45, 2.75) is 38.0 Å². The fraction of sp³-hybridized carbons (Fsp3) is 0.632. The maximum absolute atomic E-state index is 12.5. The van der Waals surface area contributed by atoms with E-state index < -0.39 is 0 Å². The summed E-state index contributed by atoms with van der Waals surface area (Å²) in [5.41, 5.74) is 1.35. The molecule has 2 fully saturated rings. The van der Waals surface area contributed by atoms with Crippen molar-refractivity contribution in [1.29, 1.82) is 0 Å². The van der Waals surface area contributed by atoms with Crippen LogP contribution in [-0.2, 0) is 11.3 Å². The van der Waals surface area contributed by atoms with E-state index in [1.165, 1.54) is 5.56 Å². The van der Waals surface area contributed by atoms with Crippen molar-refractivity contribution < 1.29 is 9.90 Å². The molecule has 2 heterocycles. The van der Waals surface area contributed by atoms with Crippen LogP contribution < -0.4 is 5.32 Å². The first kappa shape index (κ1) is 23.2. The average Bonchev–Trinajstić information content (AvgIpc) is 3.02. The van der Waals surface area contributed by atoms with Gasteiger partial charge in [0.1, 0.15) is 0 Å². The number of piperidine rings is 1. The fourth-order valence-corrected chi connectivity index (χ4v) is 3.86. The molecule has 2 aliphatic heterocycles. The standard InChI is InChI=1S/C19H29N3O2.2ClH/c1-21(13-15-5-3-2-4-6-15)14-16-7-9-22(10-8-16)19(24)18-11-17(23)12-20-18;;/h2-6,16-18,20,23H,7-14H2,1H3;2*1H. The summed E-state index contributed by atoms with van der Waals surface area (Å²) in [5.74, 6) is 0.826. The highest BCUT2D eigenvalue weighted by Crippen LogP contribution is 2.21. The molecule has 7 heteroatoms. The molecule has 1 aromatic carbocycles. The summed E-state index contributed by atoms with van der Waals surface area (Å²) in [4.78, 5) is 16.8. The molecule has 0 spiro atoms. The van der Waals surface area contributed by atoms with Gasteiger partial charge < -0.3 is 20.2 Å². The molecule has 0 bridgehead atoms. The number of carbonyl (C=O) groups excluding carboxylic acids is 1. The Labute approximate surface area is 168 Å². The van der Waals surface area contributed by atoms with E-state index in [0.29, 0.717) is 18.9 Å². The van der Waals surface area contributed by atoms with Gasteiger partial charge in [-0.15, -0.1) is 24.8 Å². The van der Waals surface area contributed by atoms with Gasteiger partial charge in [0.2, 0.25) is 5.91 Å². The number of amides is 1. The summed E-state index contributed by atoms with van der Waals surface area (Å²) in [6.45, 7) is 4.28. The number of nitrogens with zero attached hydrogens (tertiary/aromatic N) is 2. The molecular formula is C19H31Cl2N3O2. The zero-order valence-electron chi connectivity index (χ0n) is 15.3. The molecule has 0 saturated carbocycles. The van der Waals surface area contributed by atoms with Crippen molar-refractivity contribution in [3.05, 3.63) is 35.9 Å². The number of hydrogen-bond donors (Lipinski definition) is 2. The largest absolute Gasteiger partial charge is 0.392 e. The fourth-order valence-electron chi connectivity index (χ4n) is 3.86. The molecule has 148 valence electrons. The van der Waals surface area contributed by atoms with E-state index in [2.05, 4.69) is 47.6 Å². The van der Waals surface area contributed by atoms with E-state index in [1.54, 1.807) is 0 Å². The normalized spacial score (nSPS) is 23.4. The number of halogens is 2. The van der Waals surface area contributed by atoms with Crippen molar-refractivity contribution in [2.24, 2.45) is 5.92 Å². The maximum Gasteiger partial charge on any atom is 0.239 e. The SMILES string of the molecule is CN(Cc1ccccc1)CC1CCN(C(=O)C2CC(O)CN2)CC1.Cl.Cl. The number of hydrogen-bond acceptors (Lipinski definition) is 4. The topological polar surface area (TPSA) is 55.8 Å². The second-order valence-electron chi connectivity index (χ2n) is 7.30. The van der Waals surface area contributed by atoms with Gasteiger partial charge in [-0.25, -0.2) is 0 Å². The predicted molar refractivity (Wildman–Crippen MR) is 109 cm³/mol. The average molecular weight is 404 g/mol. The van der Waals surface area contributed by atoms with Crippen LogP contribution in [-0.4, -0.2) is 66.2 Å². The zero-order valence-corrected chi connectivity index (χ0v) is 17.0. The highest BCUT2D eigenvalue weighted by atomic mass is 35.5. The minimum atomic E-state index is -0.372. The van der Waals surface area contributed by atoms with Crippen LogP contribution in [0, 0.1) is 5.92 Å². The molecule has 0 aliphatic carbocycles. The zero-order chi connectivity index (χ0) is 16.9. The van der Waals surface area contributed by atoms with Crippen molar-refractivity contribution in [1.82, 2.24) is 15.1 Å². The predicted octanol–water partition coefficient (Wildman–Crippen LogP) is 1.92. The molecular weight excluding hydrogens is 373 g/mol. The number of rotatable bonds is 5. The Morgan fingerprint density at radius 2 is 1.88 bits per heavy atom. The van der Waals surface area contributed by atoms with E-state index in [1.807, 2.05) is 4.90 Å². The molecule has 2 N–H and O–H groups in total. The summed E-state index contributed by atoms with van der Waals surface area (Å²) in [5, 5.41) is 12.7. The summed E-state index contributed by atoms with van der Waals surface area (Å²) in [7, 11) is 2.17. The molecule has 2 saturated heterocycles. The Kier molecular flexibility index (Phi) is 9.90. The van der Waals surface area contributed by atoms with Crippen molar-refractivity contribution in [3.63, 3.8) is 0 Å². The molecule has 0 radical (unpaired) electrons. The molecule has 1 aromatic rings. The summed E-state index contributed by atoms with van der Waals surface area (Å²) in [6, 6.07) is 10.4. The van der Waals surface area contributed by atoms with Crippen molar-refractivity contribution in [3.8, 4) is 0 Å². The summed E-state index contributed by atoms with van der Waals surface area (Å²) in [6.07, 6.45) is 2.32. The Bertz CT molecular complexity index is 539. The molecule has 5 nitrogen and oxygen atoms in total. The molecule has 26 heavy (non-hydrogen) atoms. The minimum Gasteiger partial charge on any atom is -0.392 e. The van der Waals surface area contributed by atoms with Gasteiger partial charge in [0.15, 0.2) is 0 Å². The third-order valence-electron chi connectivity index (χ3n) is 5.20. The number of aliphatic hydroxyl groups is 1. The van der Waals surface area contributed by atoms with Crippen LogP contribution in [0.25, 0.3) is 0 Å². The third-order valence-corrected chi connectivity index (χ3v) is 5.20. The Hall–Kier alpha value is -0.850. The number of carbonyl (C=O) groups is 1. The Balaban J connectivity index is 0.00000169. The molecule has 2 atom stereocenters. The Morgan fingerprint density at radius 1 is 1.23 bits per heavy atom. The first-order valence-electron chi connectivity index (χ1n) is 9.04. The number of β-amino-alcohol motifs (C(OH)–C–C–N with tert-alkyl or cyclic N) is 1. The highest BCUT2D eigenvalue weighted by molar-refractivity contribution is 5.85. The maximum atomic E-state index is 12.5. The Morgan fingerprint density at radius 3 is 2.46 bits per heavy atom. The summed E-state index contributed by atoms with van der Waals surface area (Å²) >= 11 is 0. The van der Waals surface area contributed by atoms with E-state index in [4.69, 9.17) is 0 Å². The second kappa shape index (κ2) is 11.1.